The molecule has 1 saturated heterocycles. The molecule has 3 N–H and O–H groups in total. The number of nitrogens with zero attached hydrogens (tertiary/aromatic N) is 2. The van der Waals surface area contributed by atoms with Gasteiger partial charge < -0.3 is 20.3 Å². The Labute approximate surface area is 134 Å². The fraction of sp³-hybridized carbons (Fsp3) is 0.375. The van der Waals surface area contributed by atoms with Crippen molar-refractivity contribution in [2.45, 2.75) is 0 Å². The topological polar surface area (TPSA) is 90.6 Å². The first-order valence-corrected chi connectivity index (χ1v) is 7.71. The Balaban J connectivity index is 1.69. The fourth-order valence-corrected chi connectivity index (χ4v) is 2.66. The molecule has 0 unspecified atom stereocenters. The maximum Gasteiger partial charge on any atom is 0.343 e. The zero-order chi connectivity index (χ0) is 16.1. The van der Waals surface area contributed by atoms with Gasteiger partial charge in [0.25, 0.3) is 0 Å². The van der Waals surface area contributed by atoms with Crippen LogP contribution in [0.1, 0.15) is 10.4 Å². The van der Waals surface area contributed by atoms with Crippen molar-refractivity contribution in [1.82, 2.24) is 15.4 Å². The summed E-state index contributed by atoms with van der Waals surface area (Å²) in [5.41, 5.74) is 0.782. The summed E-state index contributed by atoms with van der Waals surface area (Å²) in [4.78, 5) is 13.9. The number of aromatic carboxylic acids is 1. The molecular weight excluding hydrogens is 296 g/mol. The van der Waals surface area contributed by atoms with E-state index >= 15 is 0 Å². The largest absolute Gasteiger partial charge is 0.477 e. The Morgan fingerprint density at radius 3 is 2.74 bits per heavy atom. The number of carboxylic acids is 1. The van der Waals surface area contributed by atoms with Crippen LogP contribution in [0.25, 0.3) is 11.3 Å². The van der Waals surface area contributed by atoms with E-state index in [-0.39, 0.29) is 17.1 Å². The van der Waals surface area contributed by atoms with E-state index in [0.717, 1.165) is 32.7 Å². The predicted molar refractivity (Wildman–Crippen MR) is 86.7 cm³/mol. The summed E-state index contributed by atoms with van der Waals surface area (Å²) in [6.45, 7) is 5.45. The Hall–Kier alpha value is -2.38. The van der Waals surface area contributed by atoms with Gasteiger partial charge in [0.15, 0.2) is 17.1 Å². The second-order valence-corrected chi connectivity index (χ2v) is 5.42. The molecule has 122 valence electrons. The highest BCUT2D eigenvalue weighted by molar-refractivity contribution is 5.99. The third-order valence-electron chi connectivity index (χ3n) is 3.87. The van der Waals surface area contributed by atoms with Gasteiger partial charge in [0.2, 0.25) is 0 Å². The summed E-state index contributed by atoms with van der Waals surface area (Å²) < 4.78 is 5.27. The van der Waals surface area contributed by atoms with Crippen LogP contribution < -0.4 is 10.6 Å². The minimum absolute atomic E-state index is 0.0801. The molecule has 1 aliphatic rings. The Bertz CT molecular complexity index is 651. The first kappa shape index (κ1) is 15.5. The number of rotatable bonds is 6. The second kappa shape index (κ2) is 7.26. The van der Waals surface area contributed by atoms with Gasteiger partial charge in [0, 0.05) is 44.8 Å². The first-order valence-electron chi connectivity index (χ1n) is 7.71. The maximum atomic E-state index is 11.6. The lowest BCUT2D eigenvalue weighted by Crippen LogP contribution is -2.45. The molecule has 0 saturated carbocycles. The SMILES string of the molecule is O=C(O)c1c(NCCN2CCNCC2)noc1-c1ccccc1. The monoisotopic (exact) mass is 316 g/mol. The van der Waals surface area contributed by atoms with E-state index in [1.807, 2.05) is 18.2 Å². The highest BCUT2D eigenvalue weighted by Crippen LogP contribution is 2.29. The van der Waals surface area contributed by atoms with Gasteiger partial charge in [-0.15, -0.1) is 0 Å². The smallest absolute Gasteiger partial charge is 0.343 e. The third kappa shape index (κ3) is 3.69. The molecule has 7 heteroatoms. The molecular formula is C16H20N4O3. The number of aromatic nitrogens is 1. The van der Waals surface area contributed by atoms with Crippen LogP contribution in [0.2, 0.25) is 0 Å². The van der Waals surface area contributed by atoms with Crippen molar-refractivity contribution in [1.29, 1.82) is 0 Å². The number of carboxylic acid groups (broad SMARTS) is 1. The molecule has 1 fully saturated rings. The van der Waals surface area contributed by atoms with Crippen LogP contribution in [0.5, 0.6) is 0 Å². The lowest BCUT2D eigenvalue weighted by molar-refractivity contribution is 0.0698. The van der Waals surface area contributed by atoms with E-state index in [2.05, 4.69) is 20.7 Å². The summed E-state index contributed by atoms with van der Waals surface area (Å²) in [6, 6.07) is 9.14. The van der Waals surface area contributed by atoms with Crippen molar-refractivity contribution in [3.8, 4) is 11.3 Å². The van der Waals surface area contributed by atoms with Gasteiger partial charge in [0.05, 0.1) is 0 Å². The zero-order valence-electron chi connectivity index (χ0n) is 12.8. The summed E-state index contributed by atoms with van der Waals surface area (Å²) in [5, 5.41) is 19.8. The number of piperazine rings is 1. The average Bonchev–Trinajstić information content (AvgIpc) is 3.01. The summed E-state index contributed by atoms with van der Waals surface area (Å²) in [5.74, 6) is -0.482. The third-order valence-corrected chi connectivity index (χ3v) is 3.87. The molecule has 1 aromatic heterocycles. The van der Waals surface area contributed by atoms with Gasteiger partial charge in [-0.25, -0.2) is 4.79 Å². The van der Waals surface area contributed by atoms with Gasteiger partial charge in [-0.05, 0) is 0 Å². The van der Waals surface area contributed by atoms with Crippen molar-refractivity contribution < 1.29 is 14.4 Å². The van der Waals surface area contributed by atoms with Crippen LogP contribution in [-0.2, 0) is 0 Å². The van der Waals surface area contributed by atoms with Crippen LogP contribution in [-0.4, -0.2) is 60.4 Å². The number of hydrogen-bond donors (Lipinski definition) is 3. The molecule has 0 aliphatic carbocycles. The second-order valence-electron chi connectivity index (χ2n) is 5.42. The first-order chi connectivity index (χ1) is 11.3. The lowest BCUT2D eigenvalue weighted by Gasteiger charge is -2.27. The highest BCUT2D eigenvalue weighted by Gasteiger charge is 2.23. The molecule has 23 heavy (non-hydrogen) atoms. The van der Waals surface area contributed by atoms with Gasteiger partial charge in [-0.1, -0.05) is 35.5 Å². The minimum Gasteiger partial charge on any atom is -0.477 e. The fourth-order valence-electron chi connectivity index (χ4n) is 2.66. The van der Waals surface area contributed by atoms with Gasteiger partial charge >= 0.3 is 5.97 Å². The van der Waals surface area contributed by atoms with Crippen LogP contribution in [0.3, 0.4) is 0 Å². The van der Waals surface area contributed by atoms with Gasteiger partial charge in [-0.3, -0.25) is 4.90 Å². The predicted octanol–water partition coefficient (Wildman–Crippen LogP) is 1.36. The lowest BCUT2D eigenvalue weighted by atomic mass is 10.1. The number of benzene rings is 1. The summed E-state index contributed by atoms with van der Waals surface area (Å²) in [6.07, 6.45) is 0. The van der Waals surface area contributed by atoms with E-state index < -0.39 is 5.97 Å². The average molecular weight is 316 g/mol. The van der Waals surface area contributed by atoms with Crippen molar-refractivity contribution in [2.75, 3.05) is 44.6 Å². The molecule has 0 atom stereocenters. The van der Waals surface area contributed by atoms with Crippen LogP contribution in [0, 0.1) is 0 Å². The molecule has 0 amide bonds. The number of nitrogens with one attached hydrogen (secondary N) is 2. The van der Waals surface area contributed by atoms with E-state index in [4.69, 9.17) is 4.52 Å². The van der Waals surface area contributed by atoms with E-state index in [1.54, 1.807) is 12.1 Å². The number of hydrogen-bond acceptors (Lipinski definition) is 6. The summed E-state index contributed by atoms with van der Waals surface area (Å²) in [7, 11) is 0. The summed E-state index contributed by atoms with van der Waals surface area (Å²) >= 11 is 0. The molecule has 2 aromatic rings. The molecule has 0 spiro atoms. The Kier molecular flexibility index (Phi) is 4.89. The molecule has 1 aromatic carbocycles. The van der Waals surface area contributed by atoms with Crippen molar-refractivity contribution in [3.63, 3.8) is 0 Å². The maximum absolute atomic E-state index is 11.6. The van der Waals surface area contributed by atoms with E-state index in [9.17, 15) is 9.90 Å². The zero-order valence-corrected chi connectivity index (χ0v) is 12.8. The van der Waals surface area contributed by atoms with Crippen molar-refractivity contribution >= 4 is 11.8 Å². The quantitative estimate of drug-likeness (QED) is 0.741. The van der Waals surface area contributed by atoms with Crippen molar-refractivity contribution in [3.05, 3.63) is 35.9 Å². The molecule has 2 heterocycles. The highest BCUT2D eigenvalue weighted by atomic mass is 16.5. The van der Waals surface area contributed by atoms with Crippen LogP contribution in [0.4, 0.5) is 5.82 Å². The number of anilines is 1. The standard InChI is InChI=1S/C16H20N4O3/c21-16(22)13-14(12-4-2-1-3-5-12)23-19-15(13)18-8-11-20-9-6-17-7-10-20/h1-5,17H,6-11H2,(H,18,19)(H,21,22). The Morgan fingerprint density at radius 2 is 2.04 bits per heavy atom. The normalized spacial score (nSPS) is 15.5. The van der Waals surface area contributed by atoms with Crippen LogP contribution >= 0.6 is 0 Å². The van der Waals surface area contributed by atoms with E-state index in [0.29, 0.717) is 12.1 Å². The molecule has 3 rings (SSSR count). The van der Waals surface area contributed by atoms with Crippen molar-refractivity contribution in [2.24, 2.45) is 0 Å². The minimum atomic E-state index is -1.05. The van der Waals surface area contributed by atoms with Gasteiger partial charge in [-0.2, -0.15) is 0 Å². The molecule has 0 bridgehead atoms. The Morgan fingerprint density at radius 1 is 1.30 bits per heavy atom. The molecule has 0 radical (unpaired) electrons. The number of carbonyl (C=O) groups is 1. The molecule has 1 aliphatic heterocycles. The van der Waals surface area contributed by atoms with Crippen LogP contribution in [0.15, 0.2) is 34.9 Å². The molecule has 7 nitrogen and oxygen atoms in total. The van der Waals surface area contributed by atoms with E-state index in [1.165, 1.54) is 0 Å². The van der Waals surface area contributed by atoms with Gasteiger partial charge in [0.1, 0.15) is 0 Å².